The Morgan fingerprint density at radius 1 is 0.885 bits per heavy atom. The van der Waals surface area contributed by atoms with Gasteiger partial charge < -0.3 is 18.9 Å². The number of carbonyl (C=O) groups excluding carboxylic acids is 2. The Balaban J connectivity index is 4.09. The smallest absolute Gasteiger partial charge is 0.333 e. The predicted molar refractivity (Wildman–Crippen MR) is 101 cm³/mol. The van der Waals surface area contributed by atoms with Crippen LogP contribution in [0.4, 0.5) is 0 Å². The van der Waals surface area contributed by atoms with E-state index in [0.717, 1.165) is 18.6 Å². The summed E-state index contributed by atoms with van der Waals surface area (Å²) in [5, 5.41) is 0. The Labute approximate surface area is 158 Å². The fourth-order valence-electron chi connectivity index (χ4n) is 1.70. The molecule has 0 aliphatic carbocycles. The van der Waals surface area contributed by atoms with Gasteiger partial charge >= 0.3 is 11.9 Å². The first-order valence-electron chi connectivity index (χ1n) is 9.28. The largest absolute Gasteiger partial charge is 0.457 e. The summed E-state index contributed by atoms with van der Waals surface area (Å²) < 4.78 is 21.4. The van der Waals surface area contributed by atoms with Crippen LogP contribution in [0, 0.1) is 5.41 Å². The minimum atomic E-state index is -0.728. The maximum absolute atomic E-state index is 11.7. The summed E-state index contributed by atoms with van der Waals surface area (Å²) in [4.78, 5) is 23.3. The molecule has 0 aromatic heterocycles. The van der Waals surface area contributed by atoms with Crippen LogP contribution in [0.2, 0.25) is 0 Å². The molecule has 0 bridgehead atoms. The number of hydrogen-bond donors (Lipinski definition) is 0. The number of esters is 2. The highest BCUT2D eigenvalue weighted by molar-refractivity contribution is 5.91. The molecule has 152 valence electrons. The van der Waals surface area contributed by atoms with E-state index in [1.807, 2.05) is 13.8 Å². The third kappa shape index (κ3) is 10.6. The first-order chi connectivity index (χ1) is 11.9. The molecule has 0 aliphatic rings. The van der Waals surface area contributed by atoms with E-state index in [9.17, 15) is 9.59 Å². The second kappa shape index (κ2) is 11.3. The summed E-state index contributed by atoms with van der Waals surface area (Å²) >= 11 is 0. The Bertz CT molecular complexity index is 467. The van der Waals surface area contributed by atoms with Gasteiger partial charge in [-0.3, -0.25) is 0 Å². The Morgan fingerprint density at radius 3 is 1.96 bits per heavy atom. The summed E-state index contributed by atoms with van der Waals surface area (Å²) in [6.07, 6.45) is 3.18. The van der Waals surface area contributed by atoms with E-state index in [2.05, 4.69) is 20.8 Å². The maximum Gasteiger partial charge on any atom is 0.333 e. The maximum atomic E-state index is 11.7. The molecular weight excluding hydrogens is 336 g/mol. The highest BCUT2D eigenvalue weighted by atomic mass is 16.7. The summed E-state index contributed by atoms with van der Waals surface area (Å²) in [6, 6.07) is 0. The number of ether oxygens (including phenoxy) is 4. The van der Waals surface area contributed by atoms with Crippen LogP contribution in [0.1, 0.15) is 68.2 Å². The normalized spacial score (nSPS) is 14.9. The zero-order valence-electron chi connectivity index (χ0n) is 17.6. The highest BCUT2D eigenvalue weighted by Crippen LogP contribution is 2.26. The third-order valence-corrected chi connectivity index (χ3v) is 4.68. The summed E-state index contributed by atoms with van der Waals surface area (Å²) in [5.41, 5.74) is -0.463. The average Bonchev–Trinajstić information content (AvgIpc) is 2.56. The van der Waals surface area contributed by atoms with Crippen LogP contribution in [0.25, 0.3) is 0 Å². The molecule has 0 heterocycles. The van der Waals surface area contributed by atoms with Gasteiger partial charge in [-0.25, -0.2) is 9.59 Å². The van der Waals surface area contributed by atoms with Crippen molar-refractivity contribution >= 4 is 11.9 Å². The van der Waals surface area contributed by atoms with Crippen molar-refractivity contribution in [3.63, 3.8) is 0 Å². The van der Waals surface area contributed by atoms with Gasteiger partial charge in [-0.1, -0.05) is 27.7 Å². The monoisotopic (exact) mass is 372 g/mol. The van der Waals surface area contributed by atoms with E-state index in [4.69, 9.17) is 18.9 Å². The molecule has 0 fully saturated rings. The second-order valence-corrected chi connectivity index (χ2v) is 7.60. The predicted octanol–water partition coefficient (Wildman–Crippen LogP) is 4.02. The molecule has 0 spiro atoms. The van der Waals surface area contributed by atoms with Crippen LogP contribution in [0.3, 0.4) is 0 Å². The van der Waals surface area contributed by atoms with Crippen LogP contribution in [0.15, 0.2) is 12.2 Å². The Kier molecular flexibility index (Phi) is 10.7. The fourth-order valence-corrected chi connectivity index (χ4v) is 1.70. The van der Waals surface area contributed by atoms with Crippen molar-refractivity contribution in [1.29, 1.82) is 0 Å². The van der Waals surface area contributed by atoms with E-state index in [1.54, 1.807) is 20.8 Å². The van der Waals surface area contributed by atoms with Crippen LogP contribution in [0.5, 0.6) is 0 Å². The first-order valence-corrected chi connectivity index (χ1v) is 9.28. The lowest BCUT2D eigenvalue weighted by atomic mass is 9.85. The van der Waals surface area contributed by atoms with Gasteiger partial charge in [0.25, 0.3) is 0 Å². The van der Waals surface area contributed by atoms with Crippen LogP contribution in [-0.2, 0) is 28.5 Å². The molecule has 0 amide bonds. The van der Waals surface area contributed by atoms with E-state index in [1.165, 1.54) is 0 Å². The zero-order chi connectivity index (χ0) is 20.4. The summed E-state index contributed by atoms with van der Waals surface area (Å²) in [5.74, 6) is -1.24. The number of hydrogen-bond acceptors (Lipinski definition) is 6. The summed E-state index contributed by atoms with van der Waals surface area (Å²) in [6.45, 7) is 16.3. The SMILES string of the molecule is CCC(C)(C)OC(=O)/C=C/C(=O)OC(C)OCCOC(C)C(C)(C)CC. The van der Waals surface area contributed by atoms with Gasteiger partial charge in [-0.05, 0) is 46.0 Å². The van der Waals surface area contributed by atoms with Crippen molar-refractivity contribution < 1.29 is 28.5 Å². The zero-order valence-corrected chi connectivity index (χ0v) is 17.6. The number of carbonyl (C=O) groups is 2. The quantitative estimate of drug-likeness (QED) is 0.223. The van der Waals surface area contributed by atoms with E-state index < -0.39 is 23.8 Å². The van der Waals surface area contributed by atoms with Gasteiger partial charge in [-0.15, -0.1) is 0 Å². The Morgan fingerprint density at radius 2 is 1.42 bits per heavy atom. The first kappa shape index (κ1) is 24.6. The van der Waals surface area contributed by atoms with Crippen molar-refractivity contribution in [2.45, 2.75) is 86.2 Å². The summed E-state index contributed by atoms with van der Waals surface area (Å²) in [7, 11) is 0. The molecule has 6 nitrogen and oxygen atoms in total. The van der Waals surface area contributed by atoms with Crippen LogP contribution >= 0.6 is 0 Å². The van der Waals surface area contributed by atoms with Gasteiger partial charge in [0.2, 0.25) is 6.29 Å². The lowest BCUT2D eigenvalue weighted by Gasteiger charge is -2.30. The molecule has 0 saturated heterocycles. The van der Waals surface area contributed by atoms with E-state index in [-0.39, 0.29) is 11.5 Å². The standard InChI is InChI=1S/C20H36O6/c1-9-19(5,6)15(3)23-13-14-24-16(4)25-17(21)11-12-18(22)26-20(7,8)10-2/h11-12,15-16H,9-10,13-14H2,1-8H3/b12-11+. The van der Waals surface area contributed by atoms with Gasteiger partial charge in [0, 0.05) is 12.2 Å². The van der Waals surface area contributed by atoms with Gasteiger partial charge in [0.1, 0.15) is 5.60 Å². The Hall–Kier alpha value is -1.40. The molecular formula is C20H36O6. The molecule has 0 rings (SSSR count). The lowest BCUT2D eigenvalue weighted by Crippen LogP contribution is -2.30. The van der Waals surface area contributed by atoms with E-state index >= 15 is 0 Å². The molecule has 0 aliphatic heterocycles. The van der Waals surface area contributed by atoms with Crippen molar-refractivity contribution in [3.05, 3.63) is 12.2 Å². The molecule has 26 heavy (non-hydrogen) atoms. The van der Waals surface area contributed by atoms with Gasteiger partial charge in [0.15, 0.2) is 0 Å². The molecule has 0 aromatic carbocycles. The average molecular weight is 373 g/mol. The van der Waals surface area contributed by atoms with Crippen LogP contribution < -0.4 is 0 Å². The minimum absolute atomic E-state index is 0.101. The van der Waals surface area contributed by atoms with Crippen molar-refractivity contribution in [3.8, 4) is 0 Å². The number of rotatable bonds is 12. The lowest BCUT2D eigenvalue weighted by molar-refractivity contribution is -0.173. The minimum Gasteiger partial charge on any atom is -0.457 e. The third-order valence-electron chi connectivity index (χ3n) is 4.68. The fraction of sp³-hybridized carbons (Fsp3) is 0.800. The second-order valence-electron chi connectivity index (χ2n) is 7.60. The van der Waals surface area contributed by atoms with Crippen molar-refractivity contribution in [2.75, 3.05) is 13.2 Å². The van der Waals surface area contributed by atoms with Crippen molar-refractivity contribution in [1.82, 2.24) is 0 Å². The highest BCUT2D eigenvalue weighted by Gasteiger charge is 2.24. The van der Waals surface area contributed by atoms with Gasteiger partial charge in [0.05, 0.1) is 19.3 Å². The molecule has 2 atom stereocenters. The molecule has 0 saturated carbocycles. The molecule has 2 unspecified atom stereocenters. The van der Waals surface area contributed by atoms with Crippen LogP contribution in [-0.4, -0.2) is 43.1 Å². The van der Waals surface area contributed by atoms with E-state index in [0.29, 0.717) is 19.6 Å². The van der Waals surface area contributed by atoms with Gasteiger partial charge in [-0.2, -0.15) is 0 Å². The molecule has 6 heteroatoms. The van der Waals surface area contributed by atoms with Crippen molar-refractivity contribution in [2.24, 2.45) is 5.41 Å². The molecule has 0 radical (unpaired) electrons. The molecule has 0 aromatic rings. The topological polar surface area (TPSA) is 71.1 Å². The molecule has 0 N–H and O–H groups in total.